The van der Waals surface area contributed by atoms with Crippen LogP contribution >= 0.6 is 0 Å². The minimum Gasteiger partial charge on any atom is -0.330 e. The van der Waals surface area contributed by atoms with Gasteiger partial charge < -0.3 is 5.73 Å². The Balaban J connectivity index is 2.41. The van der Waals surface area contributed by atoms with E-state index >= 15 is 0 Å². The first kappa shape index (κ1) is 8.97. The van der Waals surface area contributed by atoms with E-state index in [1.165, 1.54) is 0 Å². The van der Waals surface area contributed by atoms with Crippen LogP contribution in [0.5, 0.6) is 0 Å². The molecule has 0 amide bonds. The first-order valence-corrected chi connectivity index (χ1v) is 4.51. The predicted molar refractivity (Wildman–Crippen MR) is 47.0 cm³/mol. The van der Waals surface area contributed by atoms with Gasteiger partial charge in [0.05, 0.1) is 0 Å². The highest BCUT2D eigenvalue weighted by molar-refractivity contribution is 4.75. The van der Waals surface area contributed by atoms with E-state index in [4.69, 9.17) is 5.73 Å². The molecule has 1 aliphatic rings. The van der Waals surface area contributed by atoms with E-state index < -0.39 is 0 Å². The number of nitrogens with two attached hydrogens (primary N) is 1. The Morgan fingerprint density at radius 1 is 1.18 bits per heavy atom. The Morgan fingerprint density at radius 2 is 1.64 bits per heavy atom. The molecule has 0 aromatic rings. The Hall–Kier alpha value is -0.120. The van der Waals surface area contributed by atoms with Gasteiger partial charge in [-0.1, -0.05) is 13.8 Å². The van der Waals surface area contributed by atoms with Crippen LogP contribution in [0.25, 0.3) is 0 Å². The highest BCUT2D eigenvalue weighted by Crippen LogP contribution is 2.14. The quantitative estimate of drug-likeness (QED) is 0.632. The normalized spacial score (nSPS) is 23.2. The van der Waals surface area contributed by atoms with Crippen molar-refractivity contribution in [2.24, 2.45) is 11.7 Å². The molecule has 0 aliphatic carbocycles. The molecule has 0 unspecified atom stereocenters. The fraction of sp³-hybridized carbons (Fsp3) is 1.00. The molecule has 1 rings (SSSR count). The Bertz CT molecular complexity index is 104. The third-order valence-corrected chi connectivity index (χ3v) is 2.40. The van der Waals surface area contributed by atoms with Crippen LogP contribution in [0.15, 0.2) is 0 Å². The number of hydrazine groups is 1. The van der Waals surface area contributed by atoms with E-state index in [0.29, 0.717) is 5.92 Å². The number of rotatable bonds is 3. The maximum absolute atomic E-state index is 5.61. The third kappa shape index (κ3) is 1.92. The second kappa shape index (κ2) is 4.04. The molecule has 3 nitrogen and oxygen atoms in total. The lowest BCUT2D eigenvalue weighted by Gasteiger charge is -2.24. The van der Waals surface area contributed by atoms with E-state index in [1.54, 1.807) is 0 Å². The van der Waals surface area contributed by atoms with Gasteiger partial charge in [-0.05, 0) is 12.5 Å². The van der Waals surface area contributed by atoms with Gasteiger partial charge in [0.25, 0.3) is 0 Å². The van der Waals surface area contributed by atoms with Gasteiger partial charge in [-0.2, -0.15) is 0 Å². The smallest absolute Gasteiger partial charge is 0.0186 e. The maximum atomic E-state index is 5.61. The Kier molecular flexibility index (Phi) is 3.30. The van der Waals surface area contributed by atoms with Gasteiger partial charge in [0.2, 0.25) is 0 Å². The summed E-state index contributed by atoms with van der Waals surface area (Å²) >= 11 is 0. The van der Waals surface area contributed by atoms with Crippen molar-refractivity contribution in [2.45, 2.75) is 13.8 Å². The van der Waals surface area contributed by atoms with Crippen LogP contribution in [0.4, 0.5) is 0 Å². The van der Waals surface area contributed by atoms with Crippen molar-refractivity contribution in [3.8, 4) is 0 Å². The zero-order chi connectivity index (χ0) is 8.27. The van der Waals surface area contributed by atoms with E-state index in [1.807, 2.05) is 0 Å². The molecular weight excluding hydrogens is 138 g/mol. The lowest BCUT2D eigenvalue weighted by atomic mass is 10.2. The van der Waals surface area contributed by atoms with E-state index in [2.05, 4.69) is 23.9 Å². The molecule has 0 aromatic heterocycles. The van der Waals surface area contributed by atoms with Gasteiger partial charge in [-0.3, -0.25) is 0 Å². The van der Waals surface area contributed by atoms with Crippen LogP contribution in [0.2, 0.25) is 0 Å². The van der Waals surface area contributed by atoms with Crippen molar-refractivity contribution in [1.29, 1.82) is 0 Å². The summed E-state index contributed by atoms with van der Waals surface area (Å²) in [7, 11) is 0. The average molecular weight is 157 g/mol. The van der Waals surface area contributed by atoms with Gasteiger partial charge >= 0.3 is 0 Å². The van der Waals surface area contributed by atoms with Crippen molar-refractivity contribution < 1.29 is 0 Å². The summed E-state index contributed by atoms with van der Waals surface area (Å²) in [5, 5.41) is 4.77. The second-order valence-corrected chi connectivity index (χ2v) is 3.11. The van der Waals surface area contributed by atoms with Crippen molar-refractivity contribution in [1.82, 2.24) is 10.0 Å². The molecule has 3 heteroatoms. The lowest BCUT2D eigenvalue weighted by Crippen LogP contribution is -2.35. The topological polar surface area (TPSA) is 32.5 Å². The van der Waals surface area contributed by atoms with Crippen LogP contribution in [-0.2, 0) is 0 Å². The third-order valence-electron chi connectivity index (χ3n) is 2.40. The largest absolute Gasteiger partial charge is 0.330 e. The summed E-state index contributed by atoms with van der Waals surface area (Å²) in [5.41, 5.74) is 5.61. The van der Waals surface area contributed by atoms with E-state index in [0.717, 1.165) is 32.7 Å². The fourth-order valence-electron chi connectivity index (χ4n) is 1.69. The van der Waals surface area contributed by atoms with E-state index in [9.17, 15) is 0 Å². The van der Waals surface area contributed by atoms with Crippen molar-refractivity contribution in [3.63, 3.8) is 0 Å². The SMILES string of the molecule is CCN1CC(CN)CN1CC. The maximum Gasteiger partial charge on any atom is 0.0186 e. The van der Waals surface area contributed by atoms with Crippen LogP contribution < -0.4 is 5.73 Å². The van der Waals surface area contributed by atoms with Crippen LogP contribution in [0, 0.1) is 5.92 Å². The Labute approximate surface area is 69.1 Å². The lowest BCUT2D eigenvalue weighted by molar-refractivity contribution is 0.0388. The van der Waals surface area contributed by atoms with Crippen molar-refractivity contribution in [2.75, 3.05) is 32.7 Å². The molecule has 0 aromatic carbocycles. The first-order valence-electron chi connectivity index (χ1n) is 4.51. The molecule has 0 atom stereocenters. The van der Waals surface area contributed by atoms with Crippen LogP contribution in [0.3, 0.4) is 0 Å². The molecule has 0 spiro atoms. The summed E-state index contributed by atoms with van der Waals surface area (Å²) in [6, 6.07) is 0. The number of hydrogen-bond donors (Lipinski definition) is 1. The zero-order valence-corrected chi connectivity index (χ0v) is 7.58. The molecule has 0 radical (unpaired) electrons. The average Bonchev–Trinajstić information content (AvgIpc) is 2.46. The fourth-order valence-corrected chi connectivity index (χ4v) is 1.69. The summed E-state index contributed by atoms with van der Waals surface area (Å²) in [4.78, 5) is 0. The van der Waals surface area contributed by atoms with Crippen molar-refractivity contribution in [3.05, 3.63) is 0 Å². The zero-order valence-electron chi connectivity index (χ0n) is 7.58. The second-order valence-electron chi connectivity index (χ2n) is 3.11. The summed E-state index contributed by atoms with van der Waals surface area (Å²) in [6.45, 7) is 9.76. The van der Waals surface area contributed by atoms with Gasteiger partial charge in [0.1, 0.15) is 0 Å². The standard InChI is InChI=1S/C8H19N3/c1-3-10-6-8(5-9)7-11(10)4-2/h8H,3-7,9H2,1-2H3. The summed E-state index contributed by atoms with van der Waals surface area (Å²) in [5.74, 6) is 0.690. The minimum atomic E-state index is 0.690. The predicted octanol–water partition coefficient (Wildman–Crippen LogP) is 0.134. The first-order chi connectivity index (χ1) is 5.31. The molecule has 2 N–H and O–H groups in total. The highest BCUT2D eigenvalue weighted by atomic mass is 15.6. The van der Waals surface area contributed by atoms with Gasteiger partial charge in [-0.25, -0.2) is 10.0 Å². The number of hydrogen-bond acceptors (Lipinski definition) is 3. The number of nitrogens with zero attached hydrogens (tertiary/aromatic N) is 2. The molecule has 1 heterocycles. The minimum absolute atomic E-state index is 0.690. The summed E-state index contributed by atoms with van der Waals surface area (Å²) in [6.07, 6.45) is 0. The molecule has 66 valence electrons. The molecule has 0 bridgehead atoms. The molecule has 1 saturated heterocycles. The molecule has 1 aliphatic heterocycles. The molecule has 1 fully saturated rings. The van der Waals surface area contributed by atoms with Gasteiger partial charge in [0, 0.05) is 26.2 Å². The Morgan fingerprint density at radius 3 is 1.91 bits per heavy atom. The molecule has 0 saturated carbocycles. The monoisotopic (exact) mass is 157 g/mol. The molecule has 11 heavy (non-hydrogen) atoms. The van der Waals surface area contributed by atoms with Gasteiger partial charge in [-0.15, -0.1) is 0 Å². The van der Waals surface area contributed by atoms with Crippen LogP contribution in [0.1, 0.15) is 13.8 Å². The van der Waals surface area contributed by atoms with Gasteiger partial charge in [0.15, 0.2) is 0 Å². The van der Waals surface area contributed by atoms with Crippen LogP contribution in [-0.4, -0.2) is 42.7 Å². The summed E-state index contributed by atoms with van der Waals surface area (Å²) < 4.78 is 0. The highest BCUT2D eigenvalue weighted by Gasteiger charge is 2.26. The van der Waals surface area contributed by atoms with E-state index in [-0.39, 0.29) is 0 Å². The molecular formula is C8H19N3. The van der Waals surface area contributed by atoms with Crippen molar-refractivity contribution >= 4 is 0 Å².